The molecule has 2 heterocycles. The predicted molar refractivity (Wildman–Crippen MR) is 63.8 cm³/mol. The Labute approximate surface area is 95.8 Å². The Morgan fingerprint density at radius 1 is 1.79 bits per heavy atom. The fourth-order valence-electron chi connectivity index (χ4n) is 1.28. The molecule has 1 aromatic rings. The van der Waals surface area contributed by atoms with Crippen LogP contribution in [0.5, 0.6) is 0 Å². The smallest absolute Gasteiger partial charge is 0.191 e. The molecule has 0 amide bonds. The van der Waals surface area contributed by atoms with E-state index in [1.165, 1.54) is 4.88 Å². The summed E-state index contributed by atoms with van der Waals surface area (Å²) in [5.41, 5.74) is 0. The second-order valence-electron chi connectivity index (χ2n) is 3.32. The number of hydrogen-bond donors (Lipinski definition) is 2. The van der Waals surface area contributed by atoms with Gasteiger partial charge in [-0.3, -0.25) is 4.99 Å². The average Bonchev–Trinajstić information content (AvgIpc) is 2.72. The van der Waals surface area contributed by atoms with Crippen LogP contribution in [0.3, 0.4) is 0 Å². The summed E-state index contributed by atoms with van der Waals surface area (Å²) in [7, 11) is 0. The molecule has 1 aromatic heterocycles. The highest BCUT2D eigenvalue weighted by molar-refractivity contribution is 9.10. The summed E-state index contributed by atoms with van der Waals surface area (Å²) in [6, 6.07) is 2.59. The normalized spacial score (nSPS) is 20.4. The van der Waals surface area contributed by atoms with Crippen LogP contribution in [0.15, 0.2) is 20.9 Å². The van der Waals surface area contributed by atoms with Gasteiger partial charge in [0.05, 0.1) is 13.1 Å². The highest BCUT2D eigenvalue weighted by Crippen LogP contribution is 2.19. The second-order valence-corrected chi connectivity index (χ2v) is 5.23. The van der Waals surface area contributed by atoms with E-state index >= 15 is 0 Å². The van der Waals surface area contributed by atoms with Gasteiger partial charge in [0.25, 0.3) is 0 Å². The van der Waals surface area contributed by atoms with Gasteiger partial charge in [0.15, 0.2) is 5.96 Å². The monoisotopic (exact) mass is 273 g/mol. The van der Waals surface area contributed by atoms with Gasteiger partial charge in [0, 0.05) is 20.8 Å². The van der Waals surface area contributed by atoms with E-state index < -0.39 is 0 Å². The Morgan fingerprint density at radius 2 is 2.64 bits per heavy atom. The van der Waals surface area contributed by atoms with Crippen molar-refractivity contribution in [2.45, 2.75) is 19.5 Å². The number of rotatable bonds is 2. The molecule has 5 heteroatoms. The van der Waals surface area contributed by atoms with Gasteiger partial charge < -0.3 is 10.6 Å². The van der Waals surface area contributed by atoms with Crippen LogP contribution in [0.1, 0.15) is 11.8 Å². The van der Waals surface area contributed by atoms with E-state index in [2.05, 4.69) is 49.9 Å². The molecule has 0 aliphatic carbocycles. The topological polar surface area (TPSA) is 36.4 Å². The summed E-state index contributed by atoms with van der Waals surface area (Å²) < 4.78 is 1.15. The summed E-state index contributed by atoms with van der Waals surface area (Å²) in [4.78, 5) is 5.63. The lowest BCUT2D eigenvalue weighted by atomic mass is 10.4. The zero-order chi connectivity index (χ0) is 9.97. The maximum Gasteiger partial charge on any atom is 0.191 e. The molecule has 1 aliphatic rings. The number of nitrogens with zero attached hydrogens (tertiary/aromatic N) is 1. The van der Waals surface area contributed by atoms with Crippen LogP contribution in [-0.2, 0) is 6.54 Å². The maximum atomic E-state index is 4.33. The average molecular weight is 274 g/mol. The van der Waals surface area contributed by atoms with Gasteiger partial charge in [-0.15, -0.1) is 11.3 Å². The van der Waals surface area contributed by atoms with Crippen molar-refractivity contribution in [3.05, 3.63) is 20.8 Å². The molecule has 2 N–H and O–H groups in total. The van der Waals surface area contributed by atoms with Gasteiger partial charge in [0.1, 0.15) is 0 Å². The minimum atomic E-state index is 0.465. The van der Waals surface area contributed by atoms with E-state index in [9.17, 15) is 0 Å². The third kappa shape index (κ3) is 2.48. The van der Waals surface area contributed by atoms with E-state index in [0.717, 1.165) is 23.5 Å². The SMILES string of the molecule is CC1CN=C(NCc2cc(Br)cs2)N1. The fourth-order valence-corrected chi connectivity index (χ4v) is 2.67. The minimum absolute atomic E-state index is 0.465. The molecule has 1 aliphatic heterocycles. The van der Waals surface area contributed by atoms with Gasteiger partial charge in [-0.1, -0.05) is 0 Å². The number of aliphatic imine (C=N–C) groups is 1. The molecule has 1 unspecified atom stereocenters. The quantitative estimate of drug-likeness (QED) is 0.864. The molecular formula is C9H12BrN3S. The number of thiophene rings is 1. The van der Waals surface area contributed by atoms with E-state index in [-0.39, 0.29) is 0 Å². The molecule has 0 saturated carbocycles. The zero-order valence-electron chi connectivity index (χ0n) is 7.88. The number of nitrogens with one attached hydrogen (secondary N) is 2. The maximum absolute atomic E-state index is 4.33. The lowest BCUT2D eigenvalue weighted by molar-refractivity contribution is 0.714. The first kappa shape index (κ1) is 9.98. The van der Waals surface area contributed by atoms with Crippen LogP contribution in [-0.4, -0.2) is 18.5 Å². The molecule has 0 fully saturated rings. The van der Waals surface area contributed by atoms with Gasteiger partial charge >= 0.3 is 0 Å². The van der Waals surface area contributed by atoms with Crippen LogP contribution in [0.4, 0.5) is 0 Å². The molecule has 2 rings (SSSR count). The highest BCUT2D eigenvalue weighted by atomic mass is 79.9. The molecule has 76 valence electrons. The largest absolute Gasteiger partial charge is 0.352 e. The van der Waals surface area contributed by atoms with E-state index in [1.807, 2.05) is 0 Å². The summed E-state index contributed by atoms with van der Waals surface area (Å²) >= 11 is 5.17. The lowest BCUT2D eigenvalue weighted by Gasteiger charge is -2.07. The summed E-state index contributed by atoms with van der Waals surface area (Å²) in [5.74, 6) is 0.919. The fraction of sp³-hybridized carbons (Fsp3) is 0.444. The first-order valence-corrected chi connectivity index (χ1v) is 6.19. The first-order chi connectivity index (χ1) is 6.74. The Balaban J connectivity index is 1.83. The summed E-state index contributed by atoms with van der Waals surface area (Å²) in [6.45, 7) is 3.84. The molecule has 0 spiro atoms. The van der Waals surface area contributed by atoms with Gasteiger partial charge in [0.2, 0.25) is 0 Å². The molecule has 0 aromatic carbocycles. The van der Waals surface area contributed by atoms with Gasteiger partial charge in [-0.2, -0.15) is 0 Å². The molecule has 0 bridgehead atoms. The van der Waals surface area contributed by atoms with Crippen LogP contribution >= 0.6 is 27.3 Å². The van der Waals surface area contributed by atoms with Crippen LogP contribution < -0.4 is 10.6 Å². The predicted octanol–water partition coefficient (Wildman–Crippen LogP) is 1.95. The molecule has 3 nitrogen and oxygen atoms in total. The third-order valence-electron chi connectivity index (χ3n) is 1.96. The molecular weight excluding hydrogens is 262 g/mol. The Bertz CT molecular complexity index is 348. The van der Waals surface area contributed by atoms with Gasteiger partial charge in [-0.25, -0.2) is 0 Å². The Hall–Kier alpha value is -0.550. The van der Waals surface area contributed by atoms with Crippen molar-refractivity contribution in [1.82, 2.24) is 10.6 Å². The van der Waals surface area contributed by atoms with Crippen molar-refractivity contribution in [1.29, 1.82) is 0 Å². The van der Waals surface area contributed by atoms with Crippen LogP contribution in [0.2, 0.25) is 0 Å². The van der Waals surface area contributed by atoms with Crippen molar-refractivity contribution in [2.75, 3.05) is 6.54 Å². The van der Waals surface area contributed by atoms with Crippen molar-refractivity contribution < 1.29 is 0 Å². The van der Waals surface area contributed by atoms with E-state index in [1.54, 1.807) is 11.3 Å². The zero-order valence-corrected chi connectivity index (χ0v) is 10.3. The van der Waals surface area contributed by atoms with E-state index in [0.29, 0.717) is 6.04 Å². The molecule has 0 radical (unpaired) electrons. The van der Waals surface area contributed by atoms with Crippen molar-refractivity contribution in [2.24, 2.45) is 4.99 Å². The number of guanidine groups is 1. The van der Waals surface area contributed by atoms with Gasteiger partial charge in [-0.05, 0) is 28.9 Å². The Kier molecular flexibility index (Phi) is 3.08. The van der Waals surface area contributed by atoms with Crippen molar-refractivity contribution in [3.63, 3.8) is 0 Å². The third-order valence-corrected chi connectivity index (χ3v) is 3.66. The minimum Gasteiger partial charge on any atom is -0.352 e. The highest BCUT2D eigenvalue weighted by Gasteiger charge is 2.11. The lowest BCUT2D eigenvalue weighted by Crippen LogP contribution is -2.36. The molecule has 14 heavy (non-hydrogen) atoms. The second kappa shape index (κ2) is 4.31. The molecule has 1 atom stereocenters. The van der Waals surface area contributed by atoms with Crippen molar-refractivity contribution >= 4 is 33.2 Å². The Morgan fingerprint density at radius 3 is 3.21 bits per heavy atom. The van der Waals surface area contributed by atoms with E-state index in [4.69, 9.17) is 0 Å². The number of hydrogen-bond acceptors (Lipinski definition) is 4. The van der Waals surface area contributed by atoms with Crippen LogP contribution in [0, 0.1) is 0 Å². The number of halogens is 1. The molecule has 0 saturated heterocycles. The van der Waals surface area contributed by atoms with Crippen molar-refractivity contribution in [3.8, 4) is 0 Å². The van der Waals surface area contributed by atoms with Crippen LogP contribution in [0.25, 0.3) is 0 Å². The summed E-state index contributed by atoms with van der Waals surface area (Å²) in [5, 5.41) is 8.62. The first-order valence-electron chi connectivity index (χ1n) is 4.52. The standard InChI is InChI=1S/C9H12BrN3S/c1-6-3-11-9(13-6)12-4-8-2-7(10)5-14-8/h2,5-6H,3-4H2,1H3,(H2,11,12,13). The summed E-state index contributed by atoms with van der Waals surface area (Å²) in [6.07, 6.45) is 0.